The van der Waals surface area contributed by atoms with E-state index in [4.69, 9.17) is 18.9 Å². The van der Waals surface area contributed by atoms with Gasteiger partial charge in [0.05, 0.1) is 20.8 Å². The van der Waals surface area contributed by atoms with Crippen molar-refractivity contribution in [1.29, 1.82) is 0 Å². The van der Waals surface area contributed by atoms with Crippen LogP contribution in [0.5, 0.6) is 11.5 Å². The Labute approximate surface area is 158 Å². The van der Waals surface area contributed by atoms with Crippen molar-refractivity contribution in [3.8, 4) is 11.5 Å². The number of Topliss-reactive ketones (excluding diaryl/α,β-unsaturated/α-hetero) is 1. The number of hydrogen-bond acceptors (Lipinski definition) is 6. The van der Waals surface area contributed by atoms with Crippen molar-refractivity contribution in [3.05, 3.63) is 46.8 Å². The molecule has 0 spiro atoms. The zero-order valence-corrected chi connectivity index (χ0v) is 16.3. The predicted octanol–water partition coefficient (Wildman–Crippen LogP) is 2.81. The molecular formula is C20H25NO6. The van der Waals surface area contributed by atoms with E-state index in [1.165, 1.54) is 14.2 Å². The lowest BCUT2D eigenvalue weighted by Gasteiger charge is -2.12. The van der Waals surface area contributed by atoms with Crippen LogP contribution in [0.1, 0.15) is 32.1 Å². The standard InChI is InChI=1S/C20H25NO6/c1-13-11-16(14(2)21(13)9-10-24-3)17(22)12-27-20(23)15-7-6-8-18(25-4)19(15)26-5/h6-8,11H,9-10,12H2,1-5H3. The number of carbonyl (C=O) groups is 2. The number of hydrogen-bond donors (Lipinski definition) is 0. The van der Waals surface area contributed by atoms with Gasteiger partial charge >= 0.3 is 5.97 Å². The third-order valence-electron chi connectivity index (χ3n) is 4.35. The highest BCUT2D eigenvalue weighted by Gasteiger charge is 2.21. The quantitative estimate of drug-likeness (QED) is 0.496. The summed E-state index contributed by atoms with van der Waals surface area (Å²) in [6.45, 7) is 4.64. The highest BCUT2D eigenvalue weighted by Crippen LogP contribution is 2.31. The highest BCUT2D eigenvalue weighted by atomic mass is 16.5. The average Bonchev–Trinajstić information content (AvgIpc) is 2.97. The van der Waals surface area contributed by atoms with Gasteiger partial charge < -0.3 is 23.5 Å². The molecule has 0 unspecified atom stereocenters. The van der Waals surface area contributed by atoms with Gasteiger partial charge in [-0.05, 0) is 32.0 Å². The molecule has 0 bridgehead atoms. The number of para-hydroxylation sites is 1. The van der Waals surface area contributed by atoms with Crippen LogP contribution >= 0.6 is 0 Å². The Bertz CT molecular complexity index is 824. The van der Waals surface area contributed by atoms with Crippen molar-refractivity contribution >= 4 is 11.8 Å². The summed E-state index contributed by atoms with van der Waals surface area (Å²) in [5.41, 5.74) is 2.52. The molecule has 0 radical (unpaired) electrons. The molecule has 146 valence electrons. The molecule has 1 aromatic heterocycles. The summed E-state index contributed by atoms with van der Waals surface area (Å²) in [5.74, 6) is -0.218. The average molecular weight is 375 g/mol. The molecule has 0 aliphatic carbocycles. The van der Waals surface area contributed by atoms with E-state index in [0.29, 0.717) is 24.5 Å². The molecule has 1 aromatic carbocycles. The van der Waals surface area contributed by atoms with E-state index < -0.39 is 5.97 Å². The monoisotopic (exact) mass is 375 g/mol. The van der Waals surface area contributed by atoms with Gasteiger partial charge in [0.15, 0.2) is 18.1 Å². The van der Waals surface area contributed by atoms with Crippen LogP contribution in [0.15, 0.2) is 24.3 Å². The van der Waals surface area contributed by atoms with E-state index >= 15 is 0 Å². The number of ether oxygens (including phenoxy) is 4. The molecular weight excluding hydrogens is 350 g/mol. The van der Waals surface area contributed by atoms with Crippen molar-refractivity contribution in [2.45, 2.75) is 20.4 Å². The molecule has 0 N–H and O–H groups in total. The molecule has 0 aliphatic rings. The molecule has 1 heterocycles. The number of aromatic nitrogens is 1. The molecule has 0 fully saturated rings. The molecule has 27 heavy (non-hydrogen) atoms. The Hall–Kier alpha value is -2.80. The number of aryl methyl sites for hydroxylation is 1. The SMILES string of the molecule is COCCn1c(C)cc(C(=O)COC(=O)c2cccc(OC)c2OC)c1C. The summed E-state index contributed by atoms with van der Waals surface area (Å²) in [4.78, 5) is 24.9. The summed E-state index contributed by atoms with van der Waals surface area (Å²) >= 11 is 0. The minimum absolute atomic E-state index is 0.204. The molecule has 7 heteroatoms. The van der Waals surface area contributed by atoms with Gasteiger partial charge in [0.1, 0.15) is 5.56 Å². The summed E-state index contributed by atoms with van der Waals surface area (Å²) < 4.78 is 22.7. The minimum atomic E-state index is -0.646. The Morgan fingerprint density at radius 3 is 2.41 bits per heavy atom. The lowest BCUT2D eigenvalue weighted by Crippen LogP contribution is -2.16. The number of esters is 1. The van der Waals surface area contributed by atoms with Crippen LogP contribution in [-0.4, -0.2) is 50.9 Å². The summed E-state index contributed by atoms with van der Waals surface area (Å²) in [6, 6.07) is 6.69. The highest BCUT2D eigenvalue weighted by molar-refractivity contribution is 6.01. The molecule has 0 saturated carbocycles. The van der Waals surface area contributed by atoms with Crippen molar-refractivity contribution < 1.29 is 28.5 Å². The first-order valence-corrected chi connectivity index (χ1v) is 8.51. The first-order valence-electron chi connectivity index (χ1n) is 8.51. The van der Waals surface area contributed by atoms with Gasteiger partial charge in [0, 0.05) is 30.6 Å². The first kappa shape index (κ1) is 20.5. The van der Waals surface area contributed by atoms with Gasteiger partial charge in [-0.1, -0.05) is 6.07 Å². The van der Waals surface area contributed by atoms with Gasteiger partial charge in [-0.2, -0.15) is 0 Å². The minimum Gasteiger partial charge on any atom is -0.493 e. The van der Waals surface area contributed by atoms with Gasteiger partial charge in [0.25, 0.3) is 0 Å². The fourth-order valence-electron chi connectivity index (χ4n) is 2.94. The number of methoxy groups -OCH3 is 3. The molecule has 0 amide bonds. The van der Waals surface area contributed by atoms with Crippen LogP contribution < -0.4 is 9.47 Å². The Balaban J connectivity index is 2.11. The van der Waals surface area contributed by atoms with Crippen LogP contribution in [0.25, 0.3) is 0 Å². The van der Waals surface area contributed by atoms with Crippen molar-refractivity contribution in [2.24, 2.45) is 0 Å². The maximum Gasteiger partial charge on any atom is 0.342 e. The topological polar surface area (TPSA) is 76.0 Å². The second kappa shape index (κ2) is 9.23. The van der Waals surface area contributed by atoms with E-state index in [-0.39, 0.29) is 23.7 Å². The number of nitrogens with zero attached hydrogens (tertiary/aromatic N) is 1. The van der Waals surface area contributed by atoms with Crippen molar-refractivity contribution in [2.75, 3.05) is 34.5 Å². The largest absolute Gasteiger partial charge is 0.493 e. The smallest absolute Gasteiger partial charge is 0.342 e. The van der Waals surface area contributed by atoms with Gasteiger partial charge in [0.2, 0.25) is 5.78 Å². The normalized spacial score (nSPS) is 10.6. The number of carbonyl (C=O) groups excluding carboxylic acids is 2. The molecule has 0 atom stereocenters. The summed E-state index contributed by atoms with van der Waals surface area (Å²) in [6.07, 6.45) is 0. The number of rotatable bonds is 9. The fraction of sp³-hybridized carbons (Fsp3) is 0.400. The Morgan fingerprint density at radius 1 is 1.04 bits per heavy atom. The third-order valence-corrected chi connectivity index (χ3v) is 4.35. The maximum absolute atomic E-state index is 12.5. The molecule has 2 rings (SSSR count). The zero-order valence-electron chi connectivity index (χ0n) is 16.3. The molecule has 0 aliphatic heterocycles. The van der Waals surface area contributed by atoms with E-state index in [9.17, 15) is 9.59 Å². The van der Waals surface area contributed by atoms with Crippen LogP contribution in [0, 0.1) is 13.8 Å². The molecule has 0 saturated heterocycles. The maximum atomic E-state index is 12.5. The van der Waals surface area contributed by atoms with Crippen LogP contribution in [0.3, 0.4) is 0 Å². The summed E-state index contributed by atoms with van der Waals surface area (Å²) in [7, 11) is 4.55. The number of ketones is 1. The van der Waals surface area contributed by atoms with E-state index in [2.05, 4.69) is 0 Å². The summed E-state index contributed by atoms with van der Waals surface area (Å²) in [5, 5.41) is 0. The van der Waals surface area contributed by atoms with Gasteiger partial charge in [-0.3, -0.25) is 4.79 Å². The Kier molecular flexibility index (Phi) is 7.01. The van der Waals surface area contributed by atoms with Crippen molar-refractivity contribution in [3.63, 3.8) is 0 Å². The van der Waals surface area contributed by atoms with Gasteiger partial charge in [-0.25, -0.2) is 4.79 Å². The second-order valence-corrected chi connectivity index (χ2v) is 5.97. The van der Waals surface area contributed by atoms with Crippen LogP contribution in [0.4, 0.5) is 0 Å². The zero-order chi connectivity index (χ0) is 20.0. The van der Waals surface area contributed by atoms with E-state index in [1.54, 1.807) is 31.4 Å². The lowest BCUT2D eigenvalue weighted by atomic mass is 10.1. The van der Waals surface area contributed by atoms with Crippen molar-refractivity contribution in [1.82, 2.24) is 4.57 Å². The van der Waals surface area contributed by atoms with Crippen LogP contribution in [-0.2, 0) is 16.0 Å². The van der Waals surface area contributed by atoms with E-state index in [0.717, 1.165) is 11.4 Å². The number of benzene rings is 1. The Morgan fingerprint density at radius 2 is 1.78 bits per heavy atom. The van der Waals surface area contributed by atoms with Gasteiger partial charge in [-0.15, -0.1) is 0 Å². The third kappa shape index (κ3) is 4.49. The van der Waals surface area contributed by atoms with Crippen LogP contribution in [0.2, 0.25) is 0 Å². The predicted molar refractivity (Wildman–Crippen MR) is 99.9 cm³/mol. The second-order valence-electron chi connectivity index (χ2n) is 5.97. The fourth-order valence-corrected chi connectivity index (χ4v) is 2.94. The molecule has 7 nitrogen and oxygen atoms in total. The lowest BCUT2D eigenvalue weighted by molar-refractivity contribution is 0.0471. The molecule has 2 aromatic rings. The van der Waals surface area contributed by atoms with E-state index in [1.807, 2.05) is 18.4 Å². The first-order chi connectivity index (χ1) is 12.9.